The quantitative estimate of drug-likeness (QED) is 0.862. The number of aryl methyl sites for hydroxylation is 2. The van der Waals surface area contributed by atoms with Crippen LogP contribution in [0, 0.1) is 13.8 Å². The lowest BCUT2D eigenvalue weighted by atomic mass is 10.1. The van der Waals surface area contributed by atoms with E-state index in [1.165, 1.54) is 4.88 Å². The second kappa shape index (κ2) is 7.27. The Morgan fingerprint density at radius 3 is 2.73 bits per heavy atom. The molecule has 0 saturated heterocycles. The Bertz CT molecular complexity index is 632. The Labute approximate surface area is 140 Å². The predicted octanol–water partition coefficient (Wildman–Crippen LogP) is 4.65. The fourth-order valence-electron chi connectivity index (χ4n) is 2.36. The third-order valence-electron chi connectivity index (χ3n) is 3.71. The van der Waals surface area contributed by atoms with Crippen LogP contribution in [0.2, 0.25) is 5.02 Å². The molecule has 0 aliphatic rings. The molecule has 1 N–H and O–H groups in total. The summed E-state index contributed by atoms with van der Waals surface area (Å²) >= 11 is 7.93. The highest BCUT2D eigenvalue weighted by Gasteiger charge is 2.17. The molecular formula is C17H21ClN2OS. The van der Waals surface area contributed by atoms with Crippen LogP contribution in [-0.2, 0) is 4.79 Å². The van der Waals surface area contributed by atoms with Gasteiger partial charge in [0, 0.05) is 10.9 Å². The minimum Gasteiger partial charge on any atom is -0.323 e. The van der Waals surface area contributed by atoms with Crippen LogP contribution in [0.5, 0.6) is 0 Å². The van der Waals surface area contributed by atoms with Gasteiger partial charge in [-0.25, -0.2) is 0 Å². The van der Waals surface area contributed by atoms with Crippen molar-refractivity contribution in [1.29, 1.82) is 0 Å². The van der Waals surface area contributed by atoms with Gasteiger partial charge in [-0.2, -0.15) is 0 Å². The first-order valence-electron chi connectivity index (χ1n) is 7.18. The summed E-state index contributed by atoms with van der Waals surface area (Å²) in [5, 5.41) is 5.56. The van der Waals surface area contributed by atoms with Crippen molar-refractivity contribution in [3.05, 3.63) is 50.7 Å². The summed E-state index contributed by atoms with van der Waals surface area (Å²) in [6, 6.07) is 8.20. The molecule has 2 rings (SSSR count). The number of rotatable bonds is 5. The zero-order valence-corrected chi connectivity index (χ0v) is 14.9. The van der Waals surface area contributed by atoms with Crippen LogP contribution in [0.4, 0.5) is 5.69 Å². The Kier molecular flexibility index (Phi) is 5.62. The molecule has 0 bridgehead atoms. The Balaban J connectivity index is 2.01. The normalized spacial score (nSPS) is 12.5. The molecule has 1 aromatic carbocycles. The van der Waals surface area contributed by atoms with Gasteiger partial charge in [0.25, 0.3) is 0 Å². The van der Waals surface area contributed by atoms with Crippen molar-refractivity contribution in [3.63, 3.8) is 0 Å². The van der Waals surface area contributed by atoms with Gasteiger partial charge >= 0.3 is 0 Å². The van der Waals surface area contributed by atoms with Gasteiger partial charge in [0.05, 0.1) is 17.3 Å². The Morgan fingerprint density at radius 1 is 1.41 bits per heavy atom. The van der Waals surface area contributed by atoms with E-state index in [0.717, 1.165) is 11.1 Å². The van der Waals surface area contributed by atoms with Crippen molar-refractivity contribution in [2.24, 2.45) is 0 Å². The molecule has 0 saturated carbocycles. The zero-order valence-electron chi connectivity index (χ0n) is 13.3. The summed E-state index contributed by atoms with van der Waals surface area (Å²) in [7, 11) is 1.95. The van der Waals surface area contributed by atoms with Gasteiger partial charge in [0.15, 0.2) is 0 Å². The summed E-state index contributed by atoms with van der Waals surface area (Å²) < 4.78 is 0. The maximum Gasteiger partial charge on any atom is 0.238 e. The second-order valence-corrected chi connectivity index (χ2v) is 6.98. The molecule has 3 nitrogen and oxygen atoms in total. The lowest BCUT2D eigenvalue weighted by Gasteiger charge is -2.23. The maximum atomic E-state index is 12.3. The van der Waals surface area contributed by atoms with E-state index in [0.29, 0.717) is 17.3 Å². The highest BCUT2D eigenvalue weighted by Crippen LogP contribution is 2.28. The summed E-state index contributed by atoms with van der Waals surface area (Å²) in [5.74, 6) is -0.0558. The highest BCUT2D eigenvalue weighted by atomic mass is 35.5. The molecule has 118 valence electrons. The molecule has 5 heteroatoms. The standard InChI is InChI=1S/C17H21ClN2OS/c1-11-8-12(2)17(14(18)9-11)19-16(21)10-20(4)13(3)15-6-5-7-22-15/h5-9,13H,10H2,1-4H3,(H,19,21). The number of benzene rings is 1. The molecule has 2 aromatic rings. The number of amides is 1. The lowest BCUT2D eigenvalue weighted by Crippen LogP contribution is -2.32. The number of halogens is 1. The maximum absolute atomic E-state index is 12.3. The van der Waals surface area contributed by atoms with E-state index in [1.54, 1.807) is 11.3 Å². The average Bonchev–Trinajstić information content (AvgIpc) is 2.95. The van der Waals surface area contributed by atoms with Gasteiger partial charge in [0.1, 0.15) is 0 Å². The molecular weight excluding hydrogens is 316 g/mol. The van der Waals surface area contributed by atoms with Gasteiger partial charge in [0.2, 0.25) is 5.91 Å². The summed E-state index contributed by atoms with van der Waals surface area (Å²) in [4.78, 5) is 15.6. The van der Waals surface area contributed by atoms with Gasteiger partial charge in [-0.1, -0.05) is 23.7 Å². The number of nitrogens with one attached hydrogen (secondary N) is 1. The van der Waals surface area contributed by atoms with E-state index in [9.17, 15) is 4.79 Å². The van der Waals surface area contributed by atoms with Gasteiger partial charge in [-0.3, -0.25) is 9.69 Å². The van der Waals surface area contributed by atoms with E-state index in [1.807, 2.05) is 44.0 Å². The van der Waals surface area contributed by atoms with Crippen LogP contribution in [0.3, 0.4) is 0 Å². The first kappa shape index (κ1) is 17.0. The Hall–Kier alpha value is -1.36. The Morgan fingerprint density at radius 2 is 2.14 bits per heavy atom. The van der Waals surface area contributed by atoms with Crippen molar-refractivity contribution < 1.29 is 4.79 Å². The molecule has 1 aromatic heterocycles. The van der Waals surface area contributed by atoms with Gasteiger partial charge < -0.3 is 5.32 Å². The number of hydrogen-bond acceptors (Lipinski definition) is 3. The van der Waals surface area contributed by atoms with Crippen molar-refractivity contribution in [2.45, 2.75) is 26.8 Å². The van der Waals surface area contributed by atoms with Gasteiger partial charge in [-0.05, 0) is 56.5 Å². The number of likely N-dealkylation sites (N-methyl/N-ethyl adjacent to an activating group) is 1. The monoisotopic (exact) mass is 336 g/mol. The highest BCUT2D eigenvalue weighted by molar-refractivity contribution is 7.10. The smallest absolute Gasteiger partial charge is 0.238 e. The molecule has 0 aliphatic heterocycles. The minimum atomic E-state index is -0.0558. The van der Waals surface area contributed by atoms with Crippen molar-refractivity contribution >= 4 is 34.5 Å². The average molecular weight is 337 g/mol. The van der Waals surface area contributed by atoms with Crippen LogP contribution in [0.25, 0.3) is 0 Å². The van der Waals surface area contributed by atoms with Gasteiger partial charge in [-0.15, -0.1) is 11.3 Å². The SMILES string of the molecule is Cc1cc(C)c(NC(=O)CN(C)C(C)c2cccs2)c(Cl)c1. The van der Waals surface area contributed by atoms with E-state index < -0.39 is 0 Å². The van der Waals surface area contributed by atoms with Crippen molar-refractivity contribution in [3.8, 4) is 0 Å². The number of nitrogens with zero attached hydrogens (tertiary/aromatic N) is 1. The summed E-state index contributed by atoms with van der Waals surface area (Å²) in [6.45, 7) is 6.36. The lowest BCUT2D eigenvalue weighted by molar-refractivity contribution is -0.117. The molecule has 0 aliphatic carbocycles. The minimum absolute atomic E-state index is 0.0558. The number of carbonyl (C=O) groups is 1. The van der Waals surface area contributed by atoms with E-state index in [2.05, 4.69) is 23.7 Å². The van der Waals surface area contributed by atoms with E-state index >= 15 is 0 Å². The van der Waals surface area contributed by atoms with Crippen molar-refractivity contribution in [1.82, 2.24) is 4.90 Å². The molecule has 0 spiro atoms. The van der Waals surface area contributed by atoms with E-state index in [-0.39, 0.29) is 11.9 Å². The topological polar surface area (TPSA) is 32.3 Å². The zero-order chi connectivity index (χ0) is 16.3. The summed E-state index contributed by atoms with van der Waals surface area (Å²) in [5.41, 5.74) is 2.77. The number of thiophene rings is 1. The molecule has 1 unspecified atom stereocenters. The molecule has 0 fully saturated rings. The van der Waals surface area contributed by atoms with Crippen molar-refractivity contribution in [2.75, 3.05) is 18.9 Å². The van der Waals surface area contributed by atoms with Crippen LogP contribution < -0.4 is 5.32 Å². The molecule has 22 heavy (non-hydrogen) atoms. The molecule has 1 heterocycles. The third kappa shape index (κ3) is 4.09. The van der Waals surface area contributed by atoms with E-state index in [4.69, 9.17) is 11.6 Å². The third-order valence-corrected chi connectivity index (χ3v) is 5.05. The summed E-state index contributed by atoms with van der Waals surface area (Å²) in [6.07, 6.45) is 0. The molecule has 0 radical (unpaired) electrons. The molecule has 1 amide bonds. The number of hydrogen-bond donors (Lipinski definition) is 1. The second-order valence-electron chi connectivity index (χ2n) is 5.59. The van der Waals surface area contributed by atoms with Crippen LogP contribution >= 0.6 is 22.9 Å². The fourth-order valence-corrected chi connectivity index (χ4v) is 3.58. The van der Waals surface area contributed by atoms with Crippen LogP contribution in [-0.4, -0.2) is 24.4 Å². The first-order chi connectivity index (χ1) is 10.4. The fraction of sp³-hybridized carbons (Fsp3) is 0.353. The predicted molar refractivity (Wildman–Crippen MR) is 94.9 cm³/mol. The number of carbonyl (C=O) groups excluding carboxylic acids is 1. The van der Waals surface area contributed by atoms with Crippen LogP contribution in [0.15, 0.2) is 29.6 Å². The largest absolute Gasteiger partial charge is 0.323 e. The molecule has 1 atom stereocenters. The number of anilines is 1. The van der Waals surface area contributed by atoms with Crippen LogP contribution in [0.1, 0.15) is 29.0 Å². The first-order valence-corrected chi connectivity index (χ1v) is 8.44.